The van der Waals surface area contributed by atoms with E-state index in [-0.39, 0.29) is 5.69 Å². The van der Waals surface area contributed by atoms with Gasteiger partial charge in [-0.1, -0.05) is 0 Å². The van der Waals surface area contributed by atoms with Crippen LogP contribution in [0.15, 0.2) is 12.4 Å². The van der Waals surface area contributed by atoms with E-state index in [0.717, 1.165) is 25.9 Å². The lowest BCUT2D eigenvalue weighted by Gasteiger charge is -2.20. The number of carbonyl (C=O) groups is 1. The number of hydrogen-bond acceptors (Lipinski definition) is 6. The summed E-state index contributed by atoms with van der Waals surface area (Å²) in [6.45, 7) is 6.26. The SMILES string of the molecule is COC(=O)c1cncc(NCCCCN(C)C(C)C)n1. The third kappa shape index (κ3) is 5.52. The van der Waals surface area contributed by atoms with E-state index >= 15 is 0 Å². The number of unbranched alkanes of at least 4 members (excludes halogenated alkanes) is 1. The Morgan fingerprint density at radius 3 is 2.80 bits per heavy atom. The summed E-state index contributed by atoms with van der Waals surface area (Å²) in [6, 6.07) is 0.575. The number of nitrogens with one attached hydrogen (secondary N) is 1. The fourth-order valence-corrected chi connectivity index (χ4v) is 1.61. The minimum Gasteiger partial charge on any atom is -0.464 e. The van der Waals surface area contributed by atoms with Crippen molar-refractivity contribution in [2.24, 2.45) is 0 Å². The molecule has 1 aromatic heterocycles. The highest BCUT2D eigenvalue weighted by atomic mass is 16.5. The van der Waals surface area contributed by atoms with Crippen molar-refractivity contribution in [3.8, 4) is 0 Å². The van der Waals surface area contributed by atoms with E-state index in [9.17, 15) is 4.79 Å². The normalized spacial score (nSPS) is 10.9. The van der Waals surface area contributed by atoms with Crippen molar-refractivity contribution in [1.29, 1.82) is 0 Å². The Morgan fingerprint density at radius 1 is 1.40 bits per heavy atom. The van der Waals surface area contributed by atoms with Crippen LogP contribution in [0, 0.1) is 0 Å². The summed E-state index contributed by atoms with van der Waals surface area (Å²) in [6.07, 6.45) is 5.16. The second kappa shape index (κ2) is 8.47. The largest absolute Gasteiger partial charge is 0.464 e. The maximum atomic E-state index is 11.3. The quantitative estimate of drug-likeness (QED) is 0.578. The van der Waals surface area contributed by atoms with E-state index in [1.807, 2.05) is 0 Å². The van der Waals surface area contributed by atoms with Gasteiger partial charge in [-0.15, -0.1) is 0 Å². The highest BCUT2D eigenvalue weighted by Gasteiger charge is 2.08. The zero-order valence-corrected chi connectivity index (χ0v) is 12.7. The molecule has 0 unspecified atom stereocenters. The summed E-state index contributed by atoms with van der Waals surface area (Å²) in [5.74, 6) is 0.129. The zero-order valence-electron chi connectivity index (χ0n) is 12.7. The Kier molecular flexibility index (Phi) is 6.93. The van der Waals surface area contributed by atoms with E-state index in [1.54, 1.807) is 6.20 Å². The zero-order chi connectivity index (χ0) is 15.0. The van der Waals surface area contributed by atoms with E-state index in [0.29, 0.717) is 11.9 Å². The number of anilines is 1. The highest BCUT2D eigenvalue weighted by Crippen LogP contribution is 2.04. The van der Waals surface area contributed by atoms with Gasteiger partial charge in [-0.25, -0.2) is 9.78 Å². The van der Waals surface area contributed by atoms with Crippen LogP contribution in [0.25, 0.3) is 0 Å². The summed E-state index contributed by atoms with van der Waals surface area (Å²) >= 11 is 0. The fraction of sp³-hybridized carbons (Fsp3) is 0.643. The predicted octanol–water partition coefficient (Wildman–Crippen LogP) is 1.80. The molecule has 1 heterocycles. The first-order valence-corrected chi connectivity index (χ1v) is 6.89. The topological polar surface area (TPSA) is 67.3 Å². The molecule has 1 N–H and O–H groups in total. The number of carbonyl (C=O) groups excluding carboxylic acids is 1. The van der Waals surface area contributed by atoms with Crippen molar-refractivity contribution < 1.29 is 9.53 Å². The molecule has 0 spiro atoms. The van der Waals surface area contributed by atoms with Crippen LogP contribution >= 0.6 is 0 Å². The Bertz CT molecular complexity index is 423. The number of nitrogens with zero attached hydrogens (tertiary/aromatic N) is 3. The molecule has 0 amide bonds. The number of esters is 1. The number of rotatable bonds is 8. The van der Waals surface area contributed by atoms with Gasteiger partial charge in [0.15, 0.2) is 5.69 Å². The van der Waals surface area contributed by atoms with Gasteiger partial charge in [-0.3, -0.25) is 4.98 Å². The molecule has 0 aliphatic rings. The van der Waals surface area contributed by atoms with E-state index in [1.165, 1.54) is 13.3 Å². The van der Waals surface area contributed by atoms with Crippen molar-refractivity contribution in [3.63, 3.8) is 0 Å². The molecule has 0 bridgehead atoms. The fourth-order valence-electron chi connectivity index (χ4n) is 1.61. The molecule has 0 aliphatic heterocycles. The maximum absolute atomic E-state index is 11.3. The van der Waals surface area contributed by atoms with Crippen LogP contribution in [-0.4, -0.2) is 54.1 Å². The van der Waals surface area contributed by atoms with Gasteiger partial charge >= 0.3 is 5.97 Å². The van der Waals surface area contributed by atoms with Gasteiger partial charge in [0.05, 0.1) is 19.5 Å². The molecule has 20 heavy (non-hydrogen) atoms. The van der Waals surface area contributed by atoms with Crippen LogP contribution in [0.4, 0.5) is 5.82 Å². The lowest BCUT2D eigenvalue weighted by molar-refractivity contribution is 0.0593. The number of hydrogen-bond donors (Lipinski definition) is 1. The van der Waals surface area contributed by atoms with E-state index in [4.69, 9.17) is 0 Å². The lowest BCUT2D eigenvalue weighted by atomic mass is 10.2. The van der Waals surface area contributed by atoms with Crippen molar-refractivity contribution in [3.05, 3.63) is 18.1 Å². The van der Waals surface area contributed by atoms with Gasteiger partial charge in [0.25, 0.3) is 0 Å². The first kappa shape index (κ1) is 16.4. The average Bonchev–Trinajstić information content (AvgIpc) is 2.46. The number of methoxy groups -OCH3 is 1. The van der Waals surface area contributed by atoms with Gasteiger partial charge in [0.2, 0.25) is 0 Å². The monoisotopic (exact) mass is 280 g/mol. The summed E-state index contributed by atoms with van der Waals surface area (Å²) < 4.78 is 4.61. The van der Waals surface area contributed by atoms with Gasteiger partial charge in [-0.2, -0.15) is 0 Å². The molecule has 0 radical (unpaired) electrons. The first-order valence-electron chi connectivity index (χ1n) is 6.89. The van der Waals surface area contributed by atoms with Crippen LogP contribution in [-0.2, 0) is 4.74 Å². The molecule has 6 heteroatoms. The minimum absolute atomic E-state index is 0.219. The van der Waals surface area contributed by atoms with Crippen molar-refractivity contribution >= 4 is 11.8 Å². The Labute approximate surface area is 120 Å². The van der Waals surface area contributed by atoms with Crippen molar-refractivity contribution in [2.75, 3.05) is 32.6 Å². The molecule has 0 atom stereocenters. The third-order valence-electron chi connectivity index (χ3n) is 3.15. The van der Waals surface area contributed by atoms with E-state index in [2.05, 4.69) is 45.8 Å². The van der Waals surface area contributed by atoms with Crippen LogP contribution in [0.3, 0.4) is 0 Å². The summed E-state index contributed by atoms with van der Waals surface area (Å²) in [4.78, 5) is 21.8. The molecule has 0 saturated carbocycles. The number of aromatic nitrogens is 2. The van der Waals surface area contributed by atoms with E-state index < -0.39 is 5.97 Å². The van der Waals surface area contributed by atoms with Gasteiger partial charge in [0.1, 0.15) is 5.82 Å². The molecule has 0 aliphatic carbocycles. The molecule has 0 saturated heterocycles. The first-order chi connectivity index (χ1) is 9.54. The van der Waals surface area contributed by atoms with Crippen LogP contribution < -0.4 is 5.32 Å². The standard InChI is InChI=1S/C14H24N4O2/c1-11(2)18(3)8-6-5-7-16-13-10-15-9-12(17-13)14(19)20-4/h9-11H,5-8H2,1-4H3,(H,16,17). The van der Waals surface area contributed by atoms with Crippen molar-refractivity contribution in [1.82, 2.24) is 14.9 Å². The van der Waals surface area contributed by atoms with Gasteiger partial charge in [-0.05, 0) is 40.3 Å². The Hall–Kier alpha value is -1.69. The van der Waals surface area contributed by atoms with Crippen LogP contribution in [0.1, 0.15) is 37.2 Å². The van der Waals surface area contributed by atoms with Gasteiger partial charge in [0, 0.05) is 12.6 Å². The predicted molar refractivity (Wildman–Crippen MR) is 78.9 cm³/mol. The molecule has 6 nitrogen and oxygen atoms in total. The lowest BCUT2D eigenvalue weighted by Crippen LogP contribution is -2.27. The summed E-state index contributed by atoms with van der Waals surface area (Å²) in [5.41, 5.74) is 0.219. The molecule has 0 fully saturated rings. The van der Waals surface area contributed by atoms with Crippen LogP contribution in [0.2, 0.25) is 0 Å². The number of ether oxygens (including phenoxy) is 1. The van der Waals surface area contributed by atoms with Crippen molar-refractivity contribution in [2.45, 2.75) is 32.7 Å². The minimum atomic E-state index is -0.472. The second-order valence-corrected chi connectivity index (χ2v) is 4.99. The third-order valence-corrected chi connectivity index (χ3v) is 3.15. The smallest absolute Gasteiger partial charge is 0.358 e. The molecule has 0 aromatic carbocycles. The average molecular weight is 280 g/mol. The Balaban J connectivity index is 2.30. The molecule has 1 rings (SSSR count). The second-order valence-electron chi connectivity index (χ2n) is 4.99. The Morgan fingerprint density at radius 2 is 2.15 bits per heavy atom. The molecule has 112 valence electrons. The van der Waals surface area contributed by atoms with Gasteiger partial charge < -0.3 is 15.0 Å². The highest BCUT2D eigenvalue weighted by molar-refractivity contribution is 5.87. The molecular formula is C14H24N4O2. The molecule has 1 aromatic rings. The summed E-state index contributed by atoms with van der Waals surface area (Å²) in [7, 11) is 3.46. The summed E-state index contributed by atoms with van der Waals surface area (Å²) in [5, 5.41) is 3.17. The van der Waals surface area contributed by atoms with Crippen LogP contribution in [0.5, 0.6) is 0 Å². The molecular weight excluding hydrogens is 256 g/mol. The maximum Gasteiger partial charge on any atom is 0.358 e.